The Morgan fingerprint density at radius 3 is 2.50 bits per heavy atom. The molecule has 134 valence electrons. The summed E-state index contributed by atoms with van der Waals surface area (Å²) in [6.07, 6.45) is -1.25. The van der Waals surface area contributed by atoms with Crippen molar-refractivity contribution < 1.29 is 23.8 Å². The van der Waals surface area contributed by atoms with Crippen molar-refractivity contribution in [1.29, 1.82) is 0 Å². The topological polar surface area (TPSA) is 73.9 Å². The van der Waals surface area contributed by atoms with Crippen LogP contribution in [0.2, 0.25) is 0 Å². The van der Waals surface area contributed by atoms with Crippen molar-refractivity contribution in [2.75, 3.05) is 12.4 Å². The number of benzene rings is 2. The number of anilines is 1. The van der Waals surface area contributed by atoms with Crippen LogP contribution in [0.4, 0.5) is 5.69 Å². The van der Waals surface area contributed by atoms with Gasteiger partial charge in [0.15, 0.2) is 5.03 Å². The van der Waals surface area contributed by atoms with Crippen LogP contribution in [0.5, 0.6) is 5.75 Å². The van der Waals surface area contributed by atoms with E-state index in [2.05, 4.69) is 5.32 Å². The van der Waals surface area contributed by atoms with E-state index in [0.717, 1.165) is 5.56 Å². The number of ether oxygens (including phenoxy) is 3. The Kier molecular flexibility index (Phi) is 5.14. The van der Waals surface area contributed by atoms with Crippen LogP contribution in [0.1, 0.15) is 15.9 Å². The standard InChI is InChI=1S/C19H16ClNO5/c1-11-5-3-4-6-14(11)17(22)25-19-16(15(20)18(23)26-19)21-12-7-9-13(24-2)10-8-12/h3-10,19,21H,1-2H3/t19-/m0/s1. The lowest BCUT2D eigenvalue weighted by Crippen LogP contribution is -2.24. The van der Waals surface area contributed by atoms with Crippen molar-refractivity contribution in [1.82, 2.24) is 0 Å². The number of aryl methyl sites for hydroxylation is 1. The van der Waals surface area contributed by atoms with Gasteiger partial charge in [0.2, 0.25) is 0 Å². The van der Waals surface area contributed by atoms with Crippen LogP contribution >= 0.6 is 11.6 Å². The van der Waals surface area contributed by atoms with Gasteiger partial charge in [-0.2, -0.15) is 0 Å². The molecule has 0 unspecified atom stereocenters. The highest BCUT2D eigenvalue weighted by Gasteiger charge is 2.36. The first kappa shape index (κ1) is 17.8. The van der Waals surface area contributed by atoms with Gasteiger partial charge < -0.3 is 19.5 Å². The Morgan fingerprint density at radius 2 is 1.85 bits per heavy atom. The molecule has 0 aliphatic carbocycles. The third-order valence-corrected chi connectivity index (χ3v) is 4.17. The Morgan fingerprint density at radius 1 is 1.15 bits per heavy atom. The minimum atomic E-state index is -1.25. The molecule has 0 spiro atoms. The van der Waals surface area contributed by atoms with Crippen LogP contribution in [0.3, 0.4) is 0 Å². The number of methoxy groups -OCH3 is 1. The zero-order chi connectivity index (χ0) is 18.7. The molecule has 3 rings (SSSR count). The Balaban J connectivity index is 1.79. The maximum absolute atomic E-state index is 12.4. The second kappa shape index (κ2) is 7.49. The number of carbonyl (C=O) groups excluding carboxylic acids is 2. The first-order valence-corrected chi connectivity index (χ1v) is 8.15. The summed E-state index contributed by atoms with van der Waals surface area (Å²) >= 11 is 6.02. The predicted molar refractivity (Wildman–Crippen MR) is 96.0 cm³/mol. The molecular weight excluding hydrogens is 358 g/mol. The summed E-state index contributed by atoms with van der Waals surface area (Å²) in [5.41, 5.74) is 1.94. The number of halogens is 1. The van der Waals surface area contributed by atoms with Crippen LogP contribution in [-0.4, -0.2) is 25.3 Å². The molecule has 1 atom stereocenters. The normalized spacial score (nSPS) is 16.3. The minimum absolute atomic E-state index is 0.164. The van der Waals surface area contributed by atoms with Crippen molar-refractivity contribution >= 4 is 29.2 Å². The van der Waals surface area contributed by atoms with Crippen molar-refractivity contribution in [2.45, 2.75) is 13.2 Å². The van der Waals surface area contributed by atoms with Crippen molar-refractivity contribution in [2.24, 2.45) is 0 Å². The molecule has 1 heterocycles. The van der Waals surface area contributed by atoms with Gasteiger partial charge in [-0.1, -0.05) is 29.8 Å². The van der Waals surface area contributed by atoms with Gasteiger partial charge >= 0.3 is 11.9 Å². The molecular formula is C19H16ClNO5. The second-order valence-corrected chi connectivity index (χ2v) is 5.92. The van der Waals surface area contributed by atoms with E-state index in [1.165, 1.54) is 0 Å². The lowest BCUT2D eigenvalue weighted by atomic mass is 10.1. The van der Waals surface area contributed by atoms with Crippen LogP contribution in [0, 0.1) is 6.92 Å². The highest BCUT2D eigenvalue weighted by atomic mass is 35.5. The van der Waals surface area contributed by atoms with E-state index >= 15 is 0 Å². The molecule has 0 bridgehead atoms. The van der Waals surface area contributed by atoms with E-state index in [0.29, 0.717) is 17.0 Å². The molecule has 0 fully saturated rings. The first-order valence-electron chi connectivity index (χ1n) is 7.78. The molecule has 0 radical (unpaired) electrons. The molecule has 2 aromatic carbocycles. The number of carbonyl (C=O) groups is 2. The van der Waals surface area contributed by atoms with Gasteiger partial charge in [0.25, 0.3) is 6.29 Å². The van der Waals surface area contributed by atoms with Crippen LogP contribution in [-0.2, 0) is 14.3 Å². The van der Waals surface area contributed by atoms with E-state index in [9.17, 15) is 9.59 Å². The molecule has 0 saturated carbocycles. The highest BCUT2D eigenvalue weighted by molar-refractivity contribution is 6.42. The van der Waals surface area contributed by atoms with Crippen LogP contribution in [0.15, 0.2) is 59.3 Å². The zero-order valence-electron chi connectivity index (χ0n) is 14.1. The average molecular weight is 374 g/mol. The van der Waals surface area contributed by atoms with Gasteiger partial charge in [0.05, 0.1) is 12.7 Å². The maximum Gasteiger partial charge on any atom is 0.355 e. The second-order valence-electron chi connectivity index (χ2n) is 5.54. The maximum atomic E-state index is 12.4. The van der Waals surface area contributed by atoms with E-state index < -0.39 is 18.2 Å². The van der Waals surface area contributed by atoms with Gasteiger partial charge in [-0.15, -0.1) is 0 Å². The third kappa shape index (κ3) is 3.65. The largest absolute Gasteiger partial charge is 0.497 e. The monoisotopic (exact) mass is 373 g/mol. The van der Waals surface area contributed by atoms with Crippen molar-refractivity contribution in [3.8, 4) is 5.75 Å². The van der Waals surface area contributed by atoms with Crippen molar-refractivity contribution in [3.05, 3.63) is 70.4 Å². The molecule has 6 nitrogen and oxygen atoms in total. The molecule has 1 N–H and O–H groups in total. The molecule has 7 heteroatoms. The van der Waals surface area contributed by atoms with E-state index in [1.807, 2.05) is 6.07 Å². The number of hydrogen-bond acceptors (Lipinski definition) is 6. The molecule has 26 heavy (non-hydrogen) atoms. The summed E-state index contributed by atoms with van der Waals surface area (Å²) in [4.78, 5) is 24.2. The van der Waals surface area contributed by atoms with Gasteiger partial charge in [0, 0.05) is 5.69 Å². The van der Waals surface area contributed by atoms with Gasteiger partial charge in [0.1, 0.15) is 11.4 Å². The summed E-state index contributed by atoms with van der Waals surface area (Å²) in [7, 11) is 1.56. The molecule has 0 amide bonds. The number of esters is 2. The van der Waals surface area contributed by atoms with E-state index in [4.69, 9.17) is 25.8 Å². The lowest BCUT2D eigenvalue weighted by Gasteiger charge is -2.17. The molecule has 1 aliphatic heterocycles. The predicted octanol–water partition coefficient (Wildman–Crippen LogP) is 3.61. The van der Waals surface area contributed by atoms with Crippen LogP contribution < -0.4 is 10.1 Å². The molecule has 0 aromatic heterocycles. The highest BCUT2D eigenvalue weighted by Crippen LogP contribution is 2.29. The summed E-state index contributed by atoms with van der Waals surface area (Å²) in [5, 5.41) is 2.80. The molecule has 1 aliphatic rings. The SMILES string of the molecule is COc1ccc(NC2=C(Cl)C(=O)O[C@@H]2OC(=O)c2ccccc2C)cc1. The summed E-state index contributed by atoms with van der Waals surface area (Å²) < 4.78 is 15.5. The number of rotatable bonds is 5. The van der Waals surface area contributed by atoms with Gasteiger partial charge in [-0.3, -0.25) is 0 Å². The van der Waals surface area contributed by atoms with Gasteiger partial charge in [-0.05, 0) is 42.8 Å². The van der Waals surface area contributed by atoms with E-state index in [-0.39, 0.29) is 10.7 Å². The zero-order valence-corrected chi connectivity index (χ0v) is 14.9. The van der Waals surface area contributed by atoms with Crippen LogP contribution in [0.25, 0.3) is 0 Å². The number of cyclic esters (lactones) is 1. The number of nitrogens with one attached hydrogen (secondary N) is 1. The quantitative estimate of drug-likeness (QED) is 0.807. The fraction of sp³-hybridized carbons (Fsp3) is 0.158. The molecule has 2 aromatic rings. The average Bonchev–Trinajstić information content (AvgIpc) is 2.90. The Labute approximate surface area is 155 Å². The fourth-order valence-electron chi connectivity index (χ4n) is 2.41. The molecule has 0 saturated heterocycles. The lowest BCUT2D eigenvalue weighted by molar-refractivity contribution is -0.152. The van der Waals surface area contributed by atoms with E-state index in [1.54, 1.807) is 56.5 Å². The minimum Gasteiger partial charge on any atom is -0.497 e. The summed E-state index contributed by atoms with van der Waals surface area (Å²) in [6.45, 7) is 1.79. The Hall–Kier alpha value is -2.99. The van der Waals surface area contributed by atoms with Crippen molar-refractivity contribution in [3.63, 3.8) is 0 Å². The summed E-state index contributed by atoms with van der Waals surface area (Å²) in [5.74, 6) is -0.691. The summed E-state index contributed by atoms with van der Waals surface area (Å²) in [6, 6.07) is 13.9. The number of hydrogen-bond donors (Lipinski definition) is 1. The Bertz CT molecular complexity index is 876. The smallest absolute Gasteiger partial charge is 0.355 e. The van der Waals surface area contributed by atoms with Gasteiger partial charge in [-0.25, -0.2) is 9.59 Å². The fourth-order valence-corrected chi connectivity index (χ4v) is 2.59. The first-order chi connectivity index (χ1) is 12.5. The third-order valence-electron chi connectivity index (χ3n) is 3.81.